The standard InChI is InChI=1S/C26H25N3O6S/c1-15-10-20(36(32,33)19-9-4-6-16(11-19)26(31)35-3)13-21-23(15)28-14-22(25(27)30)24(21)29-17-7-5-8-18(12-17)34-2/h4-9,11-14,20,29H,10H2,1-3H3,(H2,27,30). The van der Waals surface area contributed by atoms with Gasteiger partial charge in [0.25, 0.3) is 5.91 Å². The van der Waals surface area contributed by atoms with Gasteiger partial charge in [-0.25, -0.2) is 13.2 Å². The third-order valence-electron chi connectivity index (χ3n) is 5.97. The zero-order valence-corrected chi connectivity index (χ0v) is 20.8. The summed E-state index contributed by atoms with van der Waals surface area (Å²) in [4.78, 5) is 28.6. The number of nitrogens with two attached hydrogens (primary N) is 1. The molecule has 3 aromatic rings. The van der Waals surface area contributed by atoms with Gasteiger partial charge in [-0.05, 0) is 49.2 Å². The lowest BCUT2D eigenvalue weighted by Crippen LogP contribution is -2.41. The van der Waals surface area contributed by atoms with Crippen molar-refractivity contribution in [3.8, 4) is 5.75 Å². The number of amides is 1. The molecule has 186 valence electrons. The van der Waals surface area contributed by atoms with E-state index in [1.54, 1.807) is 44.4 Å². The van der Waals surface area contributed by atoms with Crippen molar-refractivity contribution in [1.29, 1.82) is 0 Å². The second-order valence-corrected chi connectivity index (χ2v) is 10.5. The first-order valence-corrected chi connectivity index (χ1v) is 12.5. The van der Waals surface area contributed by atoms with Crippen molar-refractivity contribution in [2.45, 2.75) is 23.5 Å². The minimum Gasteiger partial charge on any atom is -0.497 e. The number of methoxy groups -OCH3 is 2. The number of hydrogen-bond acceptors (Lipinski definition) is 8. The average Bonchev–Trinajstić information content (AvgIpc) is 2.88. The monoisotopic (exact) mass is 507 g/mol. The first-order valence-electron chi connectivity index (χ1n) is 11.0. The highest BCUT2D eigenvalue weighted by Crippen LogP contribution is 2.26. The number of rotatable bonds is 7. The SMILES string of the molecule is COC(=O)c1cccc(S(=O)(=O)C2C=c3c(Nc4cccc(OC)c4)c(C(N)=O)cnc3=C(C)C2)c1. The fourth-order valence-corrected chi connectivity index (χ4v) is 5.82. The molecule has 4 rings (SSSR count). The van der Waals surface area contributed by atoms with Crippen LogP contribution in [-0.4, -0.2) is 44.7 Å². The number of hydrogen-bond donors (Lipinski definition) is 2. The molecule has 0 aliphatic heterocycles. The molecule has 1 unspecified atom stereocenters. The number of sulfone groups is 1. The van der Waals surface area contributed by atoms with Crippen LogP contribution in [0.4, 0.5) is 11.4 Å². The number of fused-ring (bicyclic) bond motifs is 1. The van der Waals surface area contributed by atoms with Crippen molar-refractivity contribution in [2.75, 3.05) is 19.5 Å². The Labute approximate surface area is 208 Å². The Bertz CT molecular complexity index is 1600. The van der Waals surface area contributed by atoms with Crippen LogP contribution in [0.25, 0.3) is 11.6 Å². The van der Waals surface area contributed by atoms with E-state index in [0.29, 0.717) is 27.7 Å². The molecule has 0 saturated heterocycles. The zero-order valence-electron chi connectivity index (χ0n) is 19.9. The number of nitrogens with one attached hydrogen (secondary N) is 1. The normalized spacial score (nSPS) is 14.9. The van der Waals surface area contributed by atoms with Crippen LogP contribution in [0.5, 0.6) is 5.75 Å². The maximum absolute atomic E-state index is 13.6. The highest BCUT2D eigenvalue weighted by molar-refractivity contribution is 7.92. The minimum absolute atomic E-state index is 0.00998. The van der Waals surface area contributed by atoms with Gasteiger partial charge < -0.3 is 20.5 Å². The Morgan fingerprint density at radius 1 is 1.11 bits per heavy atom. The Kier molecular flexibility index (Phi) is 6.80. The molecule has 1 aliphatic carbocycles. The molecule has 0 fully saturated rings. The summed E-state index contributed by atoms with van der Waals surface area (Å²) in [5.41, 5.74) is 7.58. The van der Waals surface area contributed by atoms with Crippen LogP contribution in [0.15, 0.2) is 59.6 Å². The molecule has 1 aliphatic rings. The van der Waals surface area contributed by atoms with Crippen LogP contribution in [0, 0.1) is 0 Å². The van der Waals surface area contributed by atoms with Gasteiger partial charge in [-0.1, -0.05) is 18.2 Å². The van der Waals surface area contributed by atoms with Gasteiger partial charge in [0.15, 0.2) is 9.84 Å². The highest BCUT2D eigenvalue weighted by atomic mass is 32.2. The first kappa shape index (κ1) is 24.9. The Balaban J connectivity index is 1.89. The molecular weight excluding hydrogens is 482 g/mol. The Morgan fingerprint density at radius 3 is 2.56 bits per heavy atom. The van der Waals surface area contributed by atoms with E-state index < -0.39 is 27.0 Å². The maximum atomic E-state index is 13.6. The summed E-state index contributed by atoms with van der Waals surface area (Å²) in [6.07, 6.45) is 3.15. The average molecular weight is 508 g/mol. The quantitative estimate of drug-likeness (QED) is 0.463. The van der Waals surface area contributed by atoms with Crippen LogP contribution in [0.2, 0.25) is 0 Å². The van der Waals surface area contributed by atoms with E-state index in [1.807, 2.05) is 0 Å². The second-order valence-electron chi connectivity index (χ2n) is 8.28. The number of primary amides is 1. The van der Waals surface area contributed by atoms with E-state index in [4.69, 9.17) is 15.2 Å². The van der Waals surface area contributed by atoms with Gasteiger partial charge in [-0.15, -0.1) is 0 Å². The van der Waals surface area contributed by atoms with E-state index in [9.17, 15) is 18.0 Å². The molecular formula is C26H25N3O6S. The van der Waals surface area contributed by atoms with E-state index in [2.05, 4.69) is 10.3 Å². The first-order chi connectivity index (χ1) is 17.1. The molecule has 0 bridgehead atoms. The smallest absolute Gasteiger partial charge is 0.337 e. The van der Waals surface area contributed by atoms with Crippen molar-refractivity contribution >= 4 is 44.7 Å². The summed E-state index contributed by atoms with van der Waals surface area (Å²) in [6, 6.07) is 12.8. The predicted octanol–water partition coefficient (Wildman–Crippen LogP) is 1.92. The molecule has 2 aromatic carbocycles. The second kappa shape index (κ2) is 9.82. The van der Waals surface area contributed by atoms with Gasteiger partial charge in [0, 0.05) is 23.2 Å². The van der Waals surface area contributed by atoms with Crippen molar-refractivity contribution in [1.82, 2.24) is 4.98 Å². The van der Waals surface area contributed by atoms with E-state index in [0.717, 1.165) is 5.57 Å². The van der Waals surface area contributed by atoms with Crippen LogP contribution < -0.4 is 26.4 Å². The third-order valence-corrected chi connectivity index (χ3v) is 7.98. The van der Waals surface area contributed by atoms with Gasteiger partial charge in [0.05, 0.1) is 46.5 Å². The minimum atomic E-state index is -3.91. The summed E-state index contributed by atoms with van der Waals surface area (Å²) in [6.45, 7) is 1.80. The molecule has 1 atom stereocenters. The molecule has 36 heavy (non-hydrogen) atoms. The topological polar surface area (TPSA) is 138 Å². The van der Waals surface area contributed by atoms with Crippen LogP contribution in [0.3, 0.4) is 0 Å². The fraction of sp³-hybridized carbons (Fsp3) is 0.192. The lowest BCUT2D eigenvalue weighted by molar-refractivity contribution is 0.0600. The van der Waals surface area contributed by atoms with Gasteiger partial charge in [0.1, 0.15) is 5.75 Å². The number of benzene rings is 2. The number of anilines is 2. The lowest BCUT2D eigenvalue weighted by Gasteiger charge is -2.21. The van der Waals surface area contributed by atoms with E-state index in [-0.39, 0.29) is 22.4 Å². The third kappa shape index (κ3) is 4.67. The van der Waals surface area contributed by atoms with Crippen LogP contribution in [0.1, 0.15) is 34.1 Å². The lowest BCUT2D eigenvalue weighted by atomic mass is 10.0. The van der Waals surface area contributed by atoms with E-state index >= 15 is 0 Å². The Hall–Kier alpha value is -4.18. The van der Waals surface area contributed by atoms with Gasteiger partial charge >= 0.3 is 5.97 Å². The molecule has 1 heterocycles. The number of nitrogens with zero attached hydrogens (tertiary/aromatic N) is 1. The van der Waals surface area contributed by atoms with Gasteiger partial charge in [-0.2, -0.15) is 0 Å². The Morgan fingerprint density at radius 2 is 1.86 bits per heavy atom. The maximum Gasteiger partial charge on any atom is 0.337 e. The summed E-state index contributed by atoms with van der Waals surface area (Å²) in [5.74, 6) is -0.744. The number of carbonyl (C=O) groups is 2. The molecule has 0 radical (unpaired) electrons. The van der Waals surface area contributed by atoms with Gasteiger partial charge in [0.2, 0.25) is 0 Å². The van der Waals surface area contributed by atoms with Gasteiger partial charge in [-0.3, -0.25) is 9.78 Å². The van der Waals surface area contributed by atoms with Crippen molar-refractivity contribution in [3.63, 3.8) is 0 Å². The molecule has 0 saturated carbocycles. The van der Waals surface area contributed by atoms with E-state index in [1.165, 1.54) is 37.6 Å². The molecule has 10 heteroatoms. The molecule has 3 N–H and O–H groups in total. The molecule has 9 nitrogen and oxygen atoms in total. The summed E-state index contributed by atoms with van der Waals surface area (Å²) < 4.78 is 37.3. The number of aromatic nitrogens is 1. The molecule has 1 aromatic heterocycles. The van der Waals surface area contributed by atoms with Crippen molar-refractivity contribution in [2.24, 2.45) is 5.73 Å². The number of pyridine rings is 1. The van der Waals surface area contributed by atoms with Crippen molar-refractivity contribution < 1.29 is 27.5 Å². The number of esters is 1. The number of carbonyl (C=O) groups excluding carboxylic acids is 2. The summed E-state index contributed by atoms with van der Waals surface area (Å²) >= 11 is 0. The highest BCUT2D eigenvalue weighted by Gasteiger charge is 2.30. The van der Waals surface area contributed by atoms with Crippen LogP contribution >= 0.6 is 0 Å². The number of ether oxygens (including phenoxy) is 2. The summed E-state index contributed by atoms with van der Waals surface area (Å²) in [7, 11) is -1.14. The molecule has 0 spiro atoms. The largest absolute Gasteiger partial charge is 0.497 e. The predicted molar refractivity (Wildman–Crippen MR) is 135 cm³/mol. The fourth-order valence-electron chi connectivity index (χ4n) is 4.13. The zero-order chi connectivity index (χ0) is 26.0. The van der Waals surface area contributed by atoms with Crippen molar-refractivity contribution in [3.05, 3.63) is 76.4 Å². The molecule has 1 amide bonds. The van der Waals surface area contributed by atoms with Crippen LogP contribution in [-0.2, 0) is 14.6 Å². The summed E-state index contributed by atoms with van der Waals surface area (Å²) in [5, 5.41) is 3.26.